The van der Waals surface area contributed by atoms with Gasteiger partial charge in [-0.05, 0) is 31.5 Å². The molecule has 0 spiro atoms. The quantitative estimate of drug-likeness (QED) is 0.878. The van der Waals surface area contributed by atoms with E-state index in [-0.39, 0.29) is 6.09 Å². The first kappa shape index (κ1) is 18.2. The summed E-state index contributed by atoms with van der Waals surface area (Å²) in [6, 6.07) is 5.71. The fourth-order valence-electron chi connectivity index (χ4n) is 2.61. The van der Waals surface area contributed by atoms with Gasteiger partial charge in [0.1, 0.15) is 0 Å². The highest BCUT2D eigenvalue weighted by molar-refractivity contribution is 6.31. The molecule has 2 heterocycles. The standard InChI is InChI=1S/C17H21ClN6O2/c1-3-26-17(25)24-8-6-23(7-9-24)16-21-15(11-19-22-16)20-13-5-4-12(2)14(18)10-13/h4-5,10-11H,3,6-9H2,1-2H3,(H,20,21,22). The molecule has 26 heavy (non-hydrogen) atoms. The highest BCUT2D eigenvalue weighted by Gasteiger charge is 2.23. The average molecular weight is 377 g/mol. The van der Waals surface area contributed by atoms with Crippen LogP contribution in [0.5, 0.6) is 0 Å². The number of aromatic nitrogens is 3. The zero-order valence-corrected chi connectivity index (χ0v) is 15.5. The zero-order chi connectivity index (χ0) is 18.5. The van der Waals surface area contributed by atoms with Gasteiger partial charge in [-0.25, -0.2) is 4.79 Å². The van der Waals surface area contributed by atoms with Crippen molar-refractivity contribution in [1.29, 1.82) is 0 Å². The molecular weight excluding hydrogens is 356 g/mol. The van der Waals surface area contributed by atoms with E-state index < -0.39 is 0 Å². The molecule has 0 saturated carbocycles. The molecule has 0 bridgehead atoms. The summed E-state index contributed by atoms with van der Waals surface area (Å²) in [7, 11) is 0. The molecule has 1 fully saturated rings. The maximum absolute atomic E-state index is 11.8. The minimum atomic E-state index is -0.280. The molecule has 1 saturated heterocycles. The predicted molar refractivity (Wildman–Crippen MR) is 100 cm³/mol. The Bertz CT molecular complexity index is 780. The van der Waals surface area contributed by atoms with Crippen molar-refractivity contribution in [3.05, 3.63) is 35.0 Å². The number of nitrogens with zero attached hydrogens (tertiary/aromatic N) is 5. The van der Waals surface area contributed by atoms with Gasteiger partial charge in [-0.3, -0.25) is 0 Å². The molecule has 2 aromatic rings. The summed E-state index contributed by atoms with van der Waals surface area (Å²) in [5.74, 6) is 1.11. The molecule has 1 amide bonds. The van der Waals surface area contributed by atoms with E-state index in [0.29, 0.717) is 49.6 Å². The van der Waals surface area contributed by atoms with Crippen LogP contribution in [0.3, 0.4) is 0 Å². The Labute approximate surface area is 157 Å². The molecule has 1 aliphatic rings. The number of hydrogen-bond acceptors (Lipinski definition) is 7. The van der Waals surface area contributed by atoms with E-state index in [4.69, 9.17) is 16.3 Å². The number of benzene rings is 1. The number of piperazine rings is 1. The lowest BCUT2D eigenvalue weighted by Gasteiger charge is -2.33. The Hall–Kier alpha value is -2.61. The Morgan fingerprint density at radius 2 is 2.08 bits per heavy atom. The van der Waals surface area contributed by atoms with Gasteiger partial charge < -0.3 is 19.9 Å². The number of carbonyl (C=O) groups is 1. The molecule has 0 unspecified atom stereocenters. The van der Waals surface area contributed by atoms with E-state index in [2.05, 4.69) is 20.5 Å². The maximum Gasteiger partial charge on any atom is 0.409 e. The molecule has 3 rings (SSSR count). The van der Waals surface area contributed by atoms with Crippen LogP contribution in [-0.2, 0) is 4.74 Å². The lowest BCUT2D eigenvalue weighted by Crippen LogP contribution is -2.49. The first-order valence-corrected chi connectivity index (χ1v) is 8.84. The van der Waals surface area contributed by atoms with E-state index in [1.807, 2.05) is 30.0 Å². The molecule has 0 radical (unpaired) electrons. The average Bonchev–Trinajstić information content (AvgIpc) is 2.65. The van der Waals surface area contributed by atoms with Crippen LogP contribution in [0.4, 0.5) is 22.2 Å². The summed E-state index contributed by atoms with van der Waals surface area (Å²) < 4.78 is 5.03. The van der Waals surface area contributed by atoms with Gasteiger partial charge in [0.2, 0.25) is 5.95 Å². The summed E-state index contributed by atoms with van der Waals surface area (Å²) in [4.78, 5) is 20.0. The Morgan fingerprint density at radius 3 is 2.77 bits per heavy atom. The van der Waals surface area contributed by atoms with Crippen LogP contribution in [0.25, 0.3) is 0 Å². The number of rotatable bonds is 4. The van der Waals surface area contributed by atoms with Crippen LogP contribution in [0.15, 0.2) is 24.4 Å². The molecule has 1 aromatic carbocycles. The third kappa shape index (κ3) is 4.32. The second-order valence-electron chi connectivity index (χ2n) is 5.90. The van der Waals surface area contributed by atoms with Crippen LogP contribution in [0.1, 0.15) is 12.5 Å². The second kappa shape index (κ2) is 8.18. The molecule has 0 atom stereocenters. The largest absolute Gasteiger partial charge is 0.450 e. The van der Waals surface area contributed by atoms with Gasteiger partial charge >= 0.3 is 6.09 Å². The van der Waals surface area contributed by atoms with Crippen molar-refractivity contribution in [2.24, 2.45) is 0 Å². The summed E-state index contributed by atoms with van der Waals surface area (Å²) in [5.41, 5.74) is 1.84. The van der Waals surface area contributed by atoms with Crippen molar-refractivity contribution in [3.63, 3.8) is 0 Å². The maximum atomic E-state index is 11.8. The molecule has 1 N–H and O–H groups in total. The summed E-state index contributed by atoms with van der Waals surface area (Å²) in [5, 5.41) is 12.0. The van der Waals surface area contributed by atoms with Crippen molar-refractivity contribution in [2.45, 2.75) is 13.8 Å². The fraction of sp³-hybridized carbons (Fsp3) is 0.412. The molecular formula is C17H21ClN6O2. The number of nitrogens with one attached hydrogen (secondary N) is 1. The smallest absolute Gasteiger partial charge is 0.409 e. The SMILES string of the molecule is CCOC(=O)N1CCN(c2nncc(Nc3ccc(C)c(Cl)c3)n2)CC1. The third-order valence-electron chi connectivity index (χ3n) is 4.08. The Balaban J connectivity index is 1.64. The number of ether oxygens (including phenoxy) is 1. The Kier molecular flexibility index (Phi) is 5.72. The van der Waals surface area contributed by atoms with Crippen LogP contribution >= 0.6 is 11.6 Å². The van der Waals surface area contributed by atoms with E-state index in [0.717, 1.165) is 11.3 Å². The van der Waals surface area contributed by atoms with Crippen molar-refractivity contribution in [1.82, 2.24) is 20.1 Å². The lowest BCUT2D eigenvalue weighted by atomic mass is 10.2. The van der Waals surface area contributed by atoms with Crippen LogP contribution < -0.4 is 10.2 Å². The Morgan fingerprint density at radius 1 is 1.31 bits per heavy atom. The summed E-state index contributed by atoms with van der Waals surface area (Å²) in [6.45, 7) is 6.50. The number of carbonyl (C=O) groups excluding carboxylic acids is 1. The van der Waals surface area contributed by atoms with Gasteiger partial charge in [-0.15, -0.1) is 5.10 Å². The number of halogens is 1. The van der Waals surface area contributed by atoms with Gasteiger partial charge in [-0.1, -0.05) is 17.7 Å². The number of anilines is 3. The van der Waals surface area contributed by atoms with Gasteiger partial charge in [0.25, 0.3) is 0 Å². The van der Waals surface area contributed by atoms with E-state index in [1.54, 1.807) is 18.0 Å². The molecule has 0 aliphatic carbocycles. The second-order valence-corrected chi connectivity index (χ2v) is 6.31. The molecule has 9 heteroatoms. The molecule has 138 valence electrons. The van der Waals surface area contributed by atoms with E-state index in [1.165, 1.54) is 0 Å². The first-order chi connectivity index (χ1) is 12.6. The first-order valence-electron chi connectivity index (χ1n) is 8.46. The molecule has 1 aliphatic heterocycles. The topological polar surface area (TPSA) is 83.5 Å². The minimum absolute atomic E-state index is 0.280. The predicted octanol–water partition coefficient (Wildman–Crippen LogP) is 2.86. The van der Waals surface area contributed by atoms with Crippen LogP contribution in [0, 0.1) is 6.92 Å². The third-order valence-corrected chi connectivity index (χ3v) is 4.49. The van der Waals surface area contributed by atoms with Crippen LogP contribution in [0.2, 0.25) is 5.02 Å². The summed E-state index contributed by atoms with van der Waals surface area (Å²) in [6.07, 6.45) is 1.28. The lowest BCUT2D eigenvalue weighted by molar-refractivity contribution is 0.105. The normalized spacial score (nSPS) is 14.3. The van der Waals surface area contributed by atoms with Gasteiger partial charge in [0, 0.05) is 36.9 Å². The van der Waals surface area contributed by atoms with E-state index >= 15 is 0 Å². The highest BCUT2D eigenvalue weighted by atomic mass is 35.5. The number of aryl methyl sites for hydroxylation is 1. The van der Waals surface area contributed by atoms with Gasteiger partial charge in [0.15, 0.2) is 5.82 Å². The minimum Gasteiger partial charge on any atom is -0.450 e. The van der Waals surface area contributed by atoms with Gasteiger partial charge in [0.05, 0.1) is 12.8 Å². The monoisotopic (exact) mass is 376 g/mol. The molecule has 8 nitrogen and oxygen atoms in total. The highest BCUT2D eigenvalue weighted by Crippen LogP contribution is 2.23. The zero-order valence-electron chi connectivity index (χ0n) is 14.8. The van der Waals surface area contributed by atoms with Crippen molar-refractivity contribution in [3.8, 4) is 0 Å². The van der Waals surface area contributed by atoms with Crippen molar-refractivity contribution < 1.29 is 9.53 Å². The molecule has 1 aromatic heterocycles. The van der Waals surface area contributed by atoms with Crippen molar-refractivity contribution in [2.75, 3.05) is 43.0 Å². The summed E-state index contributed by atoms with van der Waals surface area (Å²) >= 11 is 6.16. The fourth-order valence-corrected chi connectivity index (χ4v) is 2.79. The van der Waals surface area contributed by atoms with Gasteiger partial charge in [-0.2, -0.15) is 10.1 Å². The van der Waals surface area contributed by atoms with Crippen molar-refractivity contribution >= 4 is 35.1 Å². The number of hydrogen-bond donors (Lipinski definition) is 1. The van der Waals surface area contributed by atoms with E-state index in [9.17, 15) is 4.79 Å². The van der Waals surface area contributed by atoms with Crippen LogP contribution in [-0.4, -0.2) is 59.0 Å². The number of amides is 1.